The number of hydrogen-bond acceptors (Lipinski definition) is 4. The number of nitrogens with one attached hydrogen (secondary N) is 1. The van der Waals surface area contributed by atoms with E-state index in [0.29, 0.717) is 17.9 Å². The number of halogens is 3. The maximum Gasteiger partial charge on any atom is 0.287 e. The highest BCUT2D eigenvalue weighted by Crippen LogP contribution is 2.26. The number of nitrogens with zero attached hydrogens (tertiary/aromatic N) is 1. The molecular weight excluding hydrogens is 426 g/mol. The van der Waals surface area contributed by atoms with Gasteiger partial charge >= 0.3 is 0 Å². The van der Waals surface area contributed by atoms with Crippen molar-refractivity contribution in [2.45, 2.75) is 19.1 Å². The zero-order valence-electron chi connectivity index (χ0n) is 17.2. The van der Waals surface area contributed by atoms with Crippen LogP contribution >= 0.6 is 11.6 Å². The summed E-state index contributed by atoms with van der Waals surface area (Å²) in [5.74, 6) is -0.333. The first kappa shape index (κ1) is 22.8. The Balaban J connectivity index is 1.65. The van der Waals surface area contributed by atoms with Crippen LogP contribution in [0.1, 0.15) is 34.3 Å². The highest BCUT2D eigenvalue weighted by Gasteiger charge is 2.19. The van der Waals surface area contributed by atoms with Gasteiger partial charge in [-0.25, -0.2) is 8.78 Å². The Bertz CT molecular complexity index is 1020. The fraction of sp³-hybridized carbons (Fsp3) is 0.261. The van der Waals surface area contributed by atoms with E-state index in [4.69, 9.17) is 20.8 Å². The van der Waals surface area contributed by atoms with Crippen molar-refractivity contribution in [3.8, 4) is 5.75 Å². The first-order valence-electron chi connectivity index (χ1n) is 9.69. The molecule has 0 spiro atoms. The fourth-order valence-electron chi connectivity index (χ4n) is 2.95. The van der Waals surface area contributed by atoms with Crippen LogP contribution in [-0.2, 0) is 6.61 Å². The lowest BCUT2D eigenvalue weighted by atomic mass is 10.0. The summed E-state index contributed by atoms with van der Waals surface area (Å²) in [5.41, 5.74) is 0.803. The molecule has 1 heterocycles. The standard InChI is InChI=1S/C23H23ClF2N2O3/c1-28(2)12-11-20(15-3-5-16(25)6-4-15)27-23(29)22-10-8-18(31-22)14-30-21-9-7-17(26)13-19(21)24/h3-10,13,20H,11-12,14H2,1-2H3,(H,27,29). The molecule has 1 unspecified atom stereocenters. The fourth-order valence-corrected chi connectivity index (χ4v) is 3.17. The van der Waals surface area contributed by atoms with Crippen LogP contribution in [0.25, 0.3) is 0 Å². The molecule has 0 saturated carbocycles. The summed E-state index contributed by atoms with van der Waals surface area (Å²) < 4.78 is 37.5. The van der Waals surface area contributed by atoms with E-state index in [2.05, 4.69) is 5.32 Å². The quantitative estimate of drug-likeness (QED) is 0.488. The zero-order valence-corrected chi connectivity index (χ0v) is 18.0. The average Bonchev–Trinajstić information content (AvgIpc) is 3.20. The Morgan fingerprint density at radius 3 is 2.48 bits per heavy atom. The second kappa shape index (κ2) is 10.4. The van der Waals surface area contributed by atoms with Gasteiger partial charge in [-0.1, -0.05) is 23.7 Å². The van der Waals surface area contributed by atoms with Gasteiger partial charge in [-0.2, -0.15) is 0 Å². The van der Waals surface area contributed by atoms with E-state index in [0.717, 1.165) is 18.2 Å². The van der Waals surface area contributed by atoms with E-state index >= 15 is 0 Å². The summed E-state index contributed by atoms with van der Waals surface area (Å²) in [6.07, 6.45) is 0.643. The molecule has 31 heavy (non-hydrogen) atoms. The van der Waals surface area contributed by atoms with Gasteiger partial charge < -0.3 is 19.4 Å². The van der Waals surface area contributed by atoms with Gasteiger partial charge in [0, 0.05) is 0 Å². The highest BCUT2D eigenvalue weighted by molar-refractivity contribution is 6.32. The van der Waals surface area contributed by atoms with Crippen LogP contribution in [0.4, 0.5) is 8.78 Å². The maximum absolute atomic E-state index is 13.3. The molecule has 0 aliphatic carbocycles. The number of carbonyl (C=O) groups excluding carboxylic acids is 1. The van der Waals surface area contributed by atoms with E-state index in [-0.39, 0.29) is 35.2 Å². The minimum atomic E-state index is -0.459. The van der Waals surface area contributed by atoms with Gasteiger partial charge in [0.25, 0.3) is 5.91 Å². The Morgan fingerprint density at radius 2 is 1.81 bits per heavy atom. The molecule has 3 aromatic rings. The van der Waals surface area contributed by atoms with Crippen LogP contribution < -0.4 is 10.1 Å². The molecule has 1 amide bonds. The first-order chi connectivity index (χ1) is 14.8. The number of rotatable bonds is 9. The van der Waals surface area contributed by atoms with E-state index in [1.807, 2.05) is 19.0 Å². The van der Waals surface area contributed by atoms with Crippen molar-refractivity contribution in [1.29, 1.82) is 0 Å². The summed E-state index contributed by atoms with van der Waals surface area (Å²) in [4.78, 5) is 14.7. The van der Waals surface area contributed by atoms with Crippen LogP contribution in [0.3, 0.4) is 0 Å². The number of amides is 1. The van der Waals surface area contributed by atoms with Crippen molar-refractivity contribution in [2.75, 3.05) is 20.6 Å². The molecule has 1 aromatic heterocycles. The topological polar surface area (TPSA) is 54.7 Å². The van der Waals surface area contributed by atoms with E-state index in [9.17, 15) is 13.6 Å². The van der Waals surface area contributed by atoms with E-state index in [1.54, 1.807) is 24.3 Å². The van der Waals surface area contributed by atoms with Gasteiger partial charge in [0.15, 0.2) is 5.76 Å². The second-order valence-electron chi connectivity index (χ2n) is 7.30. The molecule has 164 valence electrons. The number of ether oxygens (including phenoxy) is 1. The van der Waals surface area contributed by atoms with Crippen LogP contribution in [0.5, 0.6) is 5.75 Å². The molecule has 8 heteroatoms. The molecule has 2 aromatic carbocycles. The zero-order chi connectivity index (χ0) is 22.4. The van der Waals surface area contributed by atoms with Crippen molar-refractivity contribution < 1.29 is 22.7 Å². The maximum atomic E-state index is 13.3. The van der Waals surface area contributed by atoms with Gasteiger partial charge in [-0.05, 0) is 75.1 Å². The normalized spacial score (nSPS) is 12.1. The highest BCUT2D eigenvalue weighted by atomic mass is 35.5. The smallest absolute Gasteiger partial charge is 0.287 e. The van der Waals surface area contributed by atoms with Crippen molar-refractivity contribution in [3.63, 3.8) is 0 Å². The molecule has 0 saturated heterocycles. The molecule has 5 nitrogen and oxygen atoms in total. The lowest BCUT2D eigenvalue weighted by molar-refractivity contribution is 0.0900. The molecule has 0 bridgehead atoms. The molecule has 0 aliphatic heterocycles. The number of carbonyl (C=O) groups is 1. The minimum absolute atomic E-state index is 0.0284. The predicted octanol–water partition coefficient (Wildman–Crippen LogP) is 5.21. The Kier molecular flexibility index (Phi) is 7.65. The summed E-state index contributed by atoms with van der Waals surface area (Å²) >= 11 is 5.94. The lowest BCUT2D eigenvalue weighted by Crippen LogP contribution is -2.30. The van der Waals surface area contributed by atoms with E-state index in [1.165, 1.54) is 24.3 Å². The summed E-state index contributed by atoms with van der Waals surface area (Å²) in [6.45, 7) is 0.763. The Morgan fingerprint density at radius 1 is 1.10 bits per heavy atom. The van der Waals surface area contributed by atoms with Crippen LogP contribution in [-0.4, -0.2) is 31.4 Å². The molecular formula is C23H23ClF2N2O3. The summed E-state index contributed by atoms with van der Waals surface area (Å²) in [6, 6.07) is 12.7. The molecule has 1 atom stereocenters. The van der Waals surface area contributed by atoms with Crippen LogP contribution in [0.15, 0.2) is 59.0 Å². The van der Waals surface area contributed by atoms with Crippen molar-refractivity contribution >= 4 is 17.5 Å². The largest absolute Gasteiger partial charge is 0.484 e. The Hall–Kier alpha value is -2.90. The SMILES string of the molecule is CN(C)CCC(NC(=O)c1ccc(COc2ccc(F)cc2Cl)o1)c1ccc(F)cc1. The van der Waals surface area contributed by atoms with Crippen molar-refractivity contribution in [2.24, 2.45) is 0 Å². The lowest BCUT2D eigenvalue weighted by Gasteiger charge is -2.21. The van der Waals surface area contributed by atoms with Crippen molar-refractivity contribution in [3.05, 3.63) is 88.3 Å². The van der Waals surface area contributed by atoms with Crippen molar-refractivity contribution in [1.82, 2.24) is 10.2 Å². The third-order valence-electron chi connectivity index (χ3n) is 4.59. The van der Waals surface area contributed by atoms with Gasteiger partial charge in [0.05, 0.1) is 11.1 Å². The minimum Gasteiger partial charge on any atom is -0.484 e. The van der Waals surface area contributed by atoms with Gasteiger partial charge in [0.2, 0.25) is 0 Å². The van der Waals surface area contributed by atoms with E-state index < -0.39 is 5.82 Å². The second-order valence-corrected chi connectivity index (χ2v) is 7.71. The molecule has 1 N–H and O–H groups in total. The predicted molar refractivity (Wildman–Crippen MR) is 114 cm³/mol. The number of hydrogen-bond donors (Lipinski definition) is 1. The average molecular weight is 449 g/mol. The summed E-state index contributed by atoms with van der Waals surface area (Å²) in [7, 11) is 3.88. The third-order valence-corrected chi connectivity index (χ3v) is 4.89. The van der Waals surface area contributed by atoms with Crippen LogP contribution in [0.2, 0.25) is 5.02 Å². The molecule has 0 aliphatic rings. The van der Waals surface area contributed by atoms with Crippen LogP contribution in [0, 0.1) is 11.6 Å². The van der Waals surface area contributed by atoms with Gasteiger partial charge in [-0.3, -0.25) is 4.79 Å². The third kappa shape index (κ3) is 6.54. The molecule has 0 fully saturated rings. The van der Waals surface area contributed by atoms with Gasteiger partial charge in [0.1, 0.15) is 29.8 Å². The molecule has 0 radical (unpaired) electrons. The number of furan rings is 1. The first-order valence-corrected chi connectivity index (χ1v) is 10.1. The summed E-state index contributed by atoms with van der Waals surface area (Å²) in [5, 5.41) is 3.09. The Labute approximate surface area is 184 Å². The number of benzene rings is 2. The van der Waals surface area contributed by atoms with Gasteiger partial charge in [-0.15, -0.1) is 0 Å². The monoisotopic (exact) mass is 448 g/mol. The molecule has 3 rings (SSSR count).